The van der Waals surface area contributed by atoms with Crippen molar-refractivity contribution in [2.75, 3.05) is 0 Å². The topological polar surface area (TPSA) is 92.3 Å². The third-order valence-corrected chi connectivity index (χ3v) is 2.41. The lowest BCUT2D eigenvalue weighted by atomic mass is 10.2. The number of pyridine rings is 1. The highest BCUT2D eigenvalue weighted by atomic mass is 16.6. The first-order valence-electron chi connectivity index (χ1n) is 6.91. The van der Waals surface area contributed by atoms with E-state index in [1.165, 1.54) is 6.08 Å². The lowest BCUT2D eigenvalue weighted by molar-refractivity contribution is -0.148. The van der Waals surface area contributed by atoms with Gasteiger partial charge in [-0.25, -0.2) is 14.6 Å². The number of hydrogen-bond acceptors (Lipinski definition) is 4. The number of aliphatic carboxylic acids is 1. The number of rotatable bonds is 3. The van der Waals surface area contributed by atoms with Gasteiger partial charge in [-0.2, -0.15) is 0 Å². The average Bonchev–Trinajstić information content (AvgIpc) is 2.91. The zero-order chi connectivity index (χ0) is 17.5. The Bertz CT molecular complexity index is 724. The molecule has 0 bridgehead atoms. The van der Waals surface area contributed by atoms with Crippen molar-refractivity contribution in [3.8, 4) is 0 Å². The second-order valence-corrected chi connectivity index (χ2v) is 5.59. The minimum absolute atomic E-state index is 0.373. The van der Waals surface area contributed by atoms with Gasteiger partial charge in [0, 0.05) is 29.9 Å². The number of H-pyrrole nitrogens is 1. The van der Waals surface area contributed by atoms with Gasteiger partial charge in [-0.15, -0.1) is 0 Å². The zero-order valence-corrected chi connectivity index (χ0v) is 13.4. The van der Waals surface area contributed by atoms with Crippen molar-refractivity contribution in [2.45, 2.75) is 26.4 Å². The van der Waals surface area contributed by atoms with Crippen LogP contribution in [0.15, 0.2) is 43.3 Å². The Kier molecular flexibility index (Phi) is 6.26. The molecule has 0 aliphatic carbocycles. The fraction of sp³-hybridized carbons (Fsp3) is 0.235. The van der Waals surface area contributed by atoms with E-state index < -0.39 is 11.6 Å². The van der Waals surface area contributed by atoms with Crippen molar-refractivity contribution >= 4 is 29.0 Å². The maximum atomic E-state index is 10.5. The Labute approximate surface area is 134 Å². The van der Waals surface area contributed by atoms with Crippen molar-refractivity contribution in [2.24, 2.45) is 0 Å². The molecule has 6 nitrogen and oxygen atoms in total. The van der Waals surface area contributed by atoms with Crippen LogP contribution < -0.4 is 0 Å². The molecule has 0 spiro atoms. The first-order chi connectivity index (χ1) is 10.7. The SMILES string of the molecule is C=CC(=O)OC(C)(C)C.O=C(O)C=Cc1cnc2[nH]ccc2c1. The molecule has 2 heterocycles. The van der Waals surface area contributed by atoms with Crippen molar-refractivity contribution in [1.29, 1.82) is 0 Å². The highest BCUT2D eigenvalue weighted by molar-refractivity contribution is 5.86. The number of carboxylic acid groups (broad SMARTS) is 1. The summed E-state index contributed by atoms with van der Waals surface area (Å²) in [6, 6.07) is 3.76. The van der Waals surface area contributed by atoms with Gasteiger partial charge in [0.25, 0.3) is 0 Å². The third kappa shape index (κ3) is 7.08. The first-order valence-corrected chi connectivity index (χ1v) is 6.91. The Morgan fingerprint density at radius 1 is 1.39 bits per heavy atom. The van der Waals surface area contributed by atoms with Crippen molar-refractivity contribution < 1.29 is 19.4 Å². The maximum Gasteiger partial charge on any atom is 0.330 e. The number of carbonyl (C=O) groups is 2. The van der Waals surface area contributed by atoms with Crippen molar-refractivity contribution in [3.63, 3.8) is 0 Å². The molecule has 0 fully saturated rings. The smallest absolute Gasteiger partial charge is 0.330 e. The van der Waals surface area contributed by atoms with Gasteiger partial charge in [-0.3, -0.25) is 0 Å². The number of nitrogens with zero attached hydrogens (tertiary/aromatic N) is 1. The van der Waals surface area contributed by atoms with E-state index in [4.69, 9.17) is 9.84 Å². The van der Waals surface area contributed by atoms with E-state index in [1.54, 1.807) is 12.4 Å². The summed E-state index contributed by atoms with van der Waals surface area (Å²) >= 11 is 0. The van der Waals surface area contributed by atoms with Gasteiger partial charge in [-0.1, -0.05) is 6.58 Å². The lowest BCUT2D eigenvalue weighted by Crippen LogP contribution is -2.22. The Morgan fingerprint density at radius 3 is 2.61 bits per heavy atom. The average molecular weight is 316 g/mol. The number of hydrogen-bond donors (Lipinski definition) is 2. The summed E-state index contributed by atoms with van der Waals surface area (Å²) in [6.45, 7) is 8.71. The van der Waals surface area contributed by atoms with Gasteiger partial charge in [0.05, 0.1) is 0 Å². The van der Waals surface area contributed by atoms with Crippen LogP contribution in [0.5, 0.6) is 0 Å². The Hall–Kier alpha value is -2.89. The van der Waals surface area contributed by atoms with Crippen LogP contribution in [0.2, 0.25) is 0 Å². The number of aromatic amines is 1. The molecule has 6 heteroatoms. The molecule has 0 aromatic carbocycles. The monoisotopic (exact) mass is 316 g/mol. The minimum atomic E-state index is -0.959. The van der Waals surface area contributed by atoms with Crippen LogP contribution >= 0.6 is 0 Å². The summed E-state index contributed by atoms with van der Waals surface area (Å²) in [4.78, 5) is 27.8. The highest BCUT2D eigenvalue weighted by Gasteiger charge is 2.12. The minimum Gasteiger partial charge on any atom is -0.478 e. The van der Waals surface area contributed by atoms with E-state index >= 15 is 0 Å². The summed E-state index contributed by atoms with van der Waals surface area (Å²) in [7, 11) is 0. The normalized spacial score (nSPS) is 10.9. The number of aromatic nitrogens is 2. The number of fused-ring (bicyclic) bond motifs is 1. The molecule has 23 heavy (non-hydrogen) atoms. The van der Waals surface area contributed by atoms with Gasteiger partial charge in [-0.05, 0) is 44.5 Å². The van der Waals surface area contributed by atoms with Crippen LogP contribution in [-0.2, 0) is 14.3 Å². The number of esters is 1. The number of nitrogens with one attached hydrogen (secondary N) is 1. The first kappa shape index (κ1) is 18.2. The maximum absolute atomic E-state index is 10.5. The van der Waals surface area contributed by atoms with Crippen LogP contribution in [0.25, 0.3) is 17.1 Å². The van der Waals surface area contributed by atoms with Gasteiger partial charge in [0.15, 0.2) is 0 Å². The number of carbonyl (C=O) groups excluding carboxylic acids is 1. The van der Waals surface area contributed by atoms with Gasteiger partial charge < -0.3 is 14.8 Å². The predicted molar refractivity (Wildman–Crippen MR) is 88.8 cm³/mol. The molecule has 0 aliphatic heterocycles. The summed E-state index contributed by atoms with van der Waals surface area (Å²) in [5, 5.41) is 9.40. The number of ether oxygens (including phenoxy) is 1. The molecule has 0 saturated heterocycles. The molecule has 2 rings (SSSR count). The van der Waals surface area contributed by atoms with Crippen LogP contribution in [0, 0.1) is 0 Å². The summed E-state index contributed by atoms with van der Waals surface area (Å²) in [5.74, 6) is -1.33. The molecular formula is C17H20N2O4. The molecule has 0 radical (unpaired) electrons. The van der Waals surface area contributed by atoms with E-state index in [-0.39, 0.29) is 5.97 Å². The van der Waals surface area contributed by atoms with Crippen molar-refractivity contribution in [3.05, 3.63) is 48.8 Å². The summed E-state index contributed by atoms with van der Waals surface area (Å²) in [5.41, 5.74) is 1.18. The van der Waals surface area contributed by atoms with Crippen LogP contribution in [0.4, 0.5) is 0 Å². The van der Waals surface area contributed by atoms with Gasteiger partial charge in [0.1, 0.15) is 11.2 Å². The quantitative estimate of drug-likeness (QED) is 0.670. The van der Waals surface area contributed by atoms with E-state index in [0.29, 0.717) is 0 Å². The van der Waals surface area contributed by atoms with Crippen molar-refractivity contribution in [1.82, 2.24) is 9.97 Å². The summed E-state index contributed by atoms with van der Waals surface area (Å²) in [6.07, 6.45) is 7.18. The molecular weight excluding hydrogens is 296 g/mol. The Balaban J connectivity index is 0.000000257. The molecule has 0 amide bonds. The van der Waals surface area contributed by atoms with E-state index in [1.807, 2.05) is 32.9 Å². The summed E-state index contributed by atoms with van der Waals surface area (Å²) < 4.78 is 4.83. The van der Waals surface area contributed by atoms with E-state index in [9.17, 15) is 9.59 Å². The molecule has 122 valence electrons. The highest BCUT2D eigenvalue weighted by Crippen LogP contribution is 2.12. The van der Waals surface area contributed by atoms with E-state index in [0.717, 1.165) is 28.7 Å². The lowest BCUT2D eigenvalue weighted by Gasteiger charge is -2.17. The Morgan fingerprint density at radius 2 is 2.09 bits per heavy atom. The standard InChI is InChI=1S/C10H8N2O2.C7H12O2/c13-9(14)2-1-7-5-8-3-4-11-10(8)12-6-7;1-5-6(8)9-7(2,3)4/h1-6H,(H,11,12)(H,13,14);5H,1H2,2-4H3. The molecule has 0 aliphatic rings. The largest absolute Gasteiger partial charge is 0.478 e. The molecule has 0 atom stereocenters. The molecule has 2 N–H and O–H groups in total. The van der Waals surface area contributed by atoms with Crippen LogP contribution in [-0.4, -0.2) is 32.6 Å². The second-order valence-electron chi connectivity index (χ2n) is 5.59. The number of carboxylic acids is 1. The van der Waals surface area contributed by atoms with Crippen LogP contribution in [0.3, 0.4) is 0 Å². The van der Waals surface area contributed by atoms with Gasteiger partial charge in [0.2, 0.25) is 0 Å². The predicted octanol–water partition coefficient (Wildman–Crippen LogP) is 3.17. The fourth-order valence-electron chi connectivity index (χ4n) is 1.56. The van der Waals surface area contributed by atoms with Gasteiger partial charge >= 0.3 is 11.9 Å². The molecule has 0 unspecified atom stereocenters. The zero-order valence-electron chi connectivity index (χ0n) is 13.4. The molecule has 0 saturated carbocycles. The van der Waals surface area contributed by atoms with E-state index in [2.05, 4.69) is 16.5 Å². The molecule has 2 aromatic heterocycles. The third-order valence-electron chi connectivity index (χ3n) is 2.41. The molecule has 2 aromatic rings. The fourth-order valence-corrected chi connectivity index (χ4v) is 1.56. The second kappa shape index (κ2) is 7.93. The van der Waals surface area contributed by atoms with Crippen LogP contribution in [0.1, 0.15) is 26.3 Å².